The van der Waals surface area contributed by atoms with Crippen LogP contribution in [0.5, 0.6) is 5.75 Å². The summed E-state index contributed by atoms with van der Waals surface area (Å²) in [6.45, 7) is -0.111. The Labute approximate surface area is 176 Å². The van der Waals surface area contributed by atoms with E-state index in [1.807, 2.05) is 18.2 Å². The summed E-state index contributed by atoms with van der Waals surface area (Å²) in [5.74, 6) is -0.900. The Balaban J connectivity index is 1.80. The van der Waals surface area contributed by atoms with Crippen LogP contribution in [0.1, 0.15) is 30.5 Å². The van der Waals surface area contributed by atoms with E-state index in [2.05, 4.69) is 5.32 Å². The molecule has 0 radical (unpaired) electrons. The van der Waals surface area contributed by atoms with Crippen LogP contribution in [0.4, 0.5) is 18.9 Å². The molecule has 0 aliphatic carbocycles. The number of amides is 2. The maximum atomic E-state index is 12.7. The molecule has 0 aromatic heterocycles. The van der Waals surface area contributed by atoms with Crippen LogP contribution in [0, 0.1) is 0 Å². The van der Waals surface area contributed by atoms with Gasteiger partial charge < -0.3 is 15.0 Å². The first-order valence-corrected chi connectivity index (χ1v) is 9.37. The van der Waals surface area contributed by atoms with Crippen molar-refractivity contribution in [3.05, 3.63) is 64.8 Å². The average molecular weight is 439 g/mol. The molecule has 5 nitrogen and oxygen atoms in total. The van der Waals surface area contributed by atoms with E-state index in [9.17, 15) is 22.8 Å². The number of carbonyl (C=O) groups excluding carboxylic acids is 2. The lowest BCUT2D eigenvalue weighted by Crippen LogP contribution is -2.33. The van der Waals surface area contributed by atoms with Crippen LogP contribution in [-0.4, -0.2) is 29.5 Å². The van der Waals surface area contributed by atoms with Crippen molar-refractivity contribution in [1.82, 2.24) is 4.90 Å². The fourth-order valence-electron chi connectivity index (χ4n) is 3.18. The Morgan fingerprint density at radius 2 is 1.93 bits per heavy atom. The topological polar surface area (TPSA) is 58.6 Å². The third-order valence-corrected chi connectivity index (χ3v) is 4.69. The van der Waals surface area contributed by atoms with E-state index in [0.717, 1.165) is 11.1 Å². The highest BCUT2D eigenvalue weighted by atomic mass is 35.5. The van der Waals surface area contributed by atoms with Crippen molar-refractivity contribution in [2.24, 2.45) is 0 Å². The molecule has 2 aromatic carbocycles. The van der Waals surface area contributed by atoms with Gasteiger partial charge in [0.05, 0.1) is 18.2 Å². The minimum Gasteiger partial charge on any atom is -0.482 e. The summed E-state index contributed by atoms with van der Waals surface area (Å²) < 4.78 is 42.3. The van der Waals surface area contributed by atoms with Gasteiger partial charge in [0.15, 0.2) is 6.61 Å². The zero-order chi connectivity index (χ0) is 21.9. The lowest BCUT2D eigenvalue weighted by atomic mass is 9.93. The zero-order valence-corrected chi connectivity index (χ0v) is 16.6. The van der Waals surface area contributed by atoms with Gasteiger partial charge in [-0.05, 0) is 35.4 Å². The molecular formula is C21H18ClF3N2O3. The Morgan fingerprint density at radius 1 is 1.20 bits per heavy atom. The molecule has 3 rings (SSSR count). The van der Waals surface area contributed by atoms with E-state index >= 15 is 0 Å². The normalized spacial score (nSPS) is 15.5. The van der Waals surface area contributed by atoms with Gasteiger partial charge in [0.2, 0.25) is 11.8 Å². The molecule has 0 bridgehead atoms. The van der Waals surface area contributed by atoms with Gasteiger partial charge >= 0.3 is 6.18 Å². The summed E-state index contributed by atoms with van der Waals surface area (Å²) in [6, 6.07) is 10.7. The highest BCUT2D eigenvalue weighted by molar-refractivity contribution is 6.31. The summed E-state index contributed by atoms with van der Waals surface area (Å²) in [7, 11) is 0. The van der Waals surface area contributed by atoms with Crippen molar-refractivity contribution in [3.63, 3.8) is 0 Å². The molecule has 2 aromatic rings. The average Bonchev–Trinajstić information content (AvgIpc) is 2.66. The molecule has 1 aliphatic rings. The number of nitrogens with zero attached hydrogens (tertiary/aromatic N) is 1. The number of fused-ring (bicyclic) bond motifs is 1. The van der Waals surface area contributed by atoms with Crippen LogP contribution < -0.4 is 10.1 Å². The fourth-order valence-corrected chi connectivity index (χ4v) is 3.35. The second-order valence-corrected chi connectivity index (χ2v) is 7.12. The van der Waals surface area contributed by atoms with Crippen LogP contribution in [0.2, 0.25) is 5.02 Å². The van der Waals surface area contributed by atoms with Gasteiger partial charge in [-0.25, -0.2) is 0 Å². The molecule has 2 amide bonds. The lowest BCUT2D eigenvalue weighted by Gasteiger charge is -2.32. The number of carbonyl (C=O) groups is 2. The second-order valence-electron chi connectivity index (χ2n) is 6.68. The molecule has 0 fully saturated rings. The molecule has 1 atom stereocenters. The first-order valence-electron chi connectivity index (χ1n) is 8.99. The molecule has 0 saturated carbocycles. The summed E-state index contributed by atoms with van der Waals surface area (Å²) in [6.07, 6.45) is -1.24. The maximum absolute atomic E-state index is 12.7. The number of hydrogen-bond acceptors (Lipinski definition) is 3. The van der Waals surface area contributed by atoms with Gasteiger partial charge in [-0.2, -0.15) is 13.2 Å². The highest BCUT2D eigenvalue weighted by Gasteiger charge is 2.30. The predicted molar refractivity (Wildman–Crippen MR) is 107 cm³/mol. The van der Waals surface area contributed by atoms with E-state index in [1.54, 1.807) is 18.3 Å². The number of hydrogen-bond donors (Lipinski definition) is 1. The van der Waals surface area contributed by atoms with Crippen molar-refractivity contribution < 1.29 is 27.5 Å². The van der Waals surface area contributed by atoms with Crippen LogP contribution in [0.25, 0.3) is 6.08 Å². The van der Waals surface area contributed by atoms with Gasteiger partial charge in [-0.3, -0.25) is 9.59 Å². The first-order chi connectivity index (χ1) is 14.1. The maximum Gasteiger partial charge on any atom is 0.422 e. The van der Waals surface area contributed by atoms with Crippen LogP contribution in [0.3, 0.4) is 0 Å². The SMILES string of the molecule is CC(=O)N1C=Cc2ccccc2[C@@H]1CC(=O)Nc1cc(Cl)ccc1OCC(F)(F)F. The van der Waals surface area contributed by atoms with E-state index in [1.165, 1.54) is 30.0 Å². The van der Waals surface area contributed by atoms with Gasteiger partial charge in [0, 0.05) is 18.1 Å². The molecule has 0 unspecified atom stereocenters. The van der Waals surface area contributed by atoms with Crippen molar-refractivity contribution in [1.29, 1.82) is 0 Å². The Hall–Kier alpha value is -3.00. The largest absolute Gasteiger partial charge is 0.482 e. The summed E-state index contributed by atoms with van der Waals surface area (Å²) in [5, 5.41) is 2.77. The van der Waals surface area contributed by atoms with Gasteiger partial charge in [0.1, 0.15) is 5.75 Å². The van der Waals surface area contributed by atoms with Gasteiger partial charge in [0.25, 0.3) is 0 Å². The zero-order valence-electron chi connectivity index (χ0n) is 15.9. The minimum atomic E-state index is -4.53. The molecule has 0 saturated heterocycles. The molecule has 1 aliphatic heterocycles. The number of anilines is 1. The Morgan fingerprint density at radius 3 is 2.63 bits per heavy atom. The second kappa shape index (κ2) is 8.79. The number of benzene rings is 2. The molecule has 1 heterocycles. The Bertz CT molecular complexity index is 992. The monoisotopic (exact) mass is 438 g/mol. The highest BCUT2D eigenvalue weighted by Crippen LogP contribution is 2.34. The van der Waals surface area contributed by atoms with Gasteiger partial charge in [-0.15, -0.1) is 0 Å². The third kappa shape index (κ3) is 5.33. The fraction of sp³-hybridized carbons (Fsp3) is 0.238. The number of halogens is 4. The number of alkyl halides is 3. The summed E-state index contributed by atoms with van der Waals surface area (Å²) >= 11 is 5.92. The van der Waals surface area contributed by atoms with Crippen LogP contribution in [0.15, 0.2) is 48.7 Å². The molecule has 9 heteroatoms. The van der Waals surface area contributed by atoms with Crippen LogP contribution in [-0.2, 0) is 9.59 Å². The molecular weight excluding hydrogens is 421 g/mol. The number of ether oxygens (including phenoxy) is 1. The predicted octanol–water partition coefficient (Wildman–Crippen LogP) is 5.18. The van der Waals surface area contributed by atoms with E-state index in [-0.39, 0.29) is 28.8 Å². The van der Waals surface area contributed by atoms with Gasteiger partial charge in [-0.1, -0.05) is 35.9 Å². The summed E-state index contributed by atoms with van der Waals surface area (Å²) in [4.78, 5) is 26.2. The number of nitrogens with one attached hydrogen (secondary N) is 1. The van der Waals surface area contributed by atoms with Crippen molar-refractivity contribution >= 4 is 35.2 Å². The Kier molecular flexibility index (Phi) is 6.36. The molecule has 158 valence electrons. The first kappa shape index (κ1) is 21.7. The smallest absolute Gasteiger partial charge is 0.422 e. The van der Waals surface area contributed by atoms with Crippen molar-refractivity contribution in [3.8, 4) is 5.75 Å². The van der Waals surface area contributed by atoms with Crippen molar-refractivity contribution in [2.45, 2.75) is 25.6 Å². The summed E-state index contributed by atoms with van der Waals surface area (Å²) in [5.41, 5.74) is 1.69. The molecule has 0 spiro atoms. The number of rotatable bonds is 5. The van der Waals surface area contributed by atoms with E-state index in [4.69, 9.17) is 16.3 Å². The minimum absolute atomic E-state index is 0.0192. The quantitative estimate of drug-likeness (QED) is 0.699. The van der Waals surface area contributed by atoms with Crippen molar-refractivity contribution in [2.75, 3.05) is 11.9 Å². The standard InChI is InChI=1S/C21H18ClF3N2O3/c1-13(28)27-9-8-14-4-2-3-5-16(14)18(27)11-20(29)26-17-10-15(22)6-7-19(17)30-12-21(23,24)25/h2-10,18H,11-12H2,1H3,(H,26,29)/t18-/m0/s1. The lowest BCUT2D eigenvalue weighted by molar-refractivity contribution is -0.153. The molecule has 1 N–H and O–H groups in total. The van der Waals surface area contributed by atoms with E-state index < -0.39 is 24.7 Å². The third-order valence-electron chi connectivity index (χ3n) is 4.45. The van der Waals surface area contributed by atoms with Crippen LogP contribution >= 0.6 is 11.6 Å². The van der Waals surface area contributed by atoms with E-state index in [0.29, 0.717) is 0 Å². The molecule has 30 heavy (non-hydrogen) atoms.